The number of nitrogen functional groups attached to an aromatic ring is 1. The van der Waals surface area contributed by atoms with E-state index in [2.05, 4.69) is 4.98 Å². The summed E-state index contributed by atoms with van der Waals surface area (Å²) < 4.78 is 6.17. The van der Waals surface area contributed by atoms with Crippen LogP contribution < -0.4 is 10.5 Å². The van der Waals surface area contributed by atoms with Gasteiger partial charge in [0.2, 0.25) is 0 Å². The van der Waals surface area contributed by atoms with Crippen LogP contribution in [0.25, 0.3) is 10.9 Å². The van der Waals surface area contributed by atoms with Crippen LogP contribution in [-0.4, -0.2) is 17.2 Å². The van der Waals surface area contributed by atoms with Gasteiger partial charge in [-0.05, 0) is 50.8 Å². The van der Waals surface area contributed by atoms with Gasteiger partial charge in [0.1, 0.15) is 5.75 Å². The zero-order chi connectivity index (χ0) is 15.9. The van der Waals surface area contributed by atoms with Gasteiger partial charge in [0.25, 0.3) is 0 Å². The Hall–Kier alpha value is -2.39. The summed E-state index contributed by atoms with van der Waals surface area (Å²) in [4.78, 5) is 20.8. The van der Waals surface area contributed by atoms with Gasteiger partial charge in [-0.2, -0.15) is 9.59 Å². The number of hydrogen-bond donors (Lipinski definition) is 1. The van der Waals surface area contributed by atoms with Gasteiger partial charge < -0.3 is 10.5 Å². The number of benzene rings is 1. The molecule has 22 heavy (non-hydrogen) atoms. The summed E-state index contributed by atoms with van der Waals surface area (Å²) in [6.07, 6.45) is 6.74. The normalized spacial score (nSPS) is 14.8. The molecule has 0 unspecified atom stereocenters. The molecular formula is C17H20N2O3. The number of nitrogens with two attached hydrogens (primary N) is 1. The molecule has 2 N–H and O–H groups in total. The number of nitrogens with zero attached hydrogens (tertiary/aromatic N) is 1. The number of ether oxygens (including phenoxy) is 1. The summed E-state index contributed by atoms with van der Waals surface area (Å²) in [7, 11) is 0. The Kier molecular flexibility index (Phi) is 5.50. The molecule has 0 aliphatic heterocycles. The number of fused-ring (bicyclic) bond motifs is 1. The maximum absolute atomic E-state index is 8.12. The largest absolute Gasteiger partial charge is 0.490 e. The number of aromatic nitrogens is 1. The van der Waals surface area contributed by atoms with Crippen molar-refractivity contribution in [2.24, 2.45) is 0 Å². The summed E-state index contributed by atoms with van der Waals surface area (Å²) in [5.41, 5.74) is 8.77. The zero-order valence-corrected chi connectivity index (χ0v) is 12.7. The SMILES string of the molecule is Cc1cc(N)c2c(OC3CCCCC3)cccc2n1.O=C=O. The molecule has 0 radical (unpaired) electrons. The topological polar surface area (TPSA) is 82.3 Å². The van der Waals surface area contributed by atoms with Crippen molar-refractivity contribution in [2.75, 3.05) is 5.73 Å². The average Bonchev–Trinajstić information content (AvgIpc) is 2.48. The molecular weight excluding hydrogens is 280 g/mol. The van der Waals surface area contributed by atoms with Crippen LogP contribution in [0, 0.1) is 6.92 Å². The first kappa shape index (κ1) is 16.0. The molecule has 5 heteroatoms. The van der Waals surface area contributed by atoms with Gasteiger partial charge in [0, 0.05) is 11.4 Å². The molecule has 1 saturated carbocycles. The maximum atomic E-state index is 8.12. The van der Waals surface area contributed by atoms with Crippen LogP contribution in [0.5, 0.6) is 5.75 Å². The first-order chi connectivity index (χ1) is 10.7. The fourth-order valence-corrected chi connectivity index (χ4v) is 2.88. The molecule has 3 rings (SSSR count). The number of pyridine rings is 1. The van der Waals surface area contributed by atoms with Gasteiger partial charge in [-0.3, -0.25) is 4.98 Å². The maximum Gasteiger partial charge on any atom is 0.373 e. The molecule has 0 amide bonds. The highest BCUT2D eigenvalue weighted by atomic mass is 16.5. The standard InChI is InChI=1S/C16H20N2O.CO2/c1-11-10-13(17)16-14(18-11)8-5-9-15(16)19-12-6-3-2-4-7-12;2-1-3/h5,8-10,12H,2-4,6-7H2,1H3,(H2,17,18);. The lowest BCUT2D eigenvalue weighted by Crippen LogP contribution is -2.19. The molecule has 116 valence electrons. The fourth-order valence-electron chi connectivity index (χ4n) is 2.88. The third kappa shape index (κ3) is 3.83. The smallest absolute Gasteiger partial charge is 0.373 e. The van der Waals surface area contributed by atoms with E-state index in [1.807, 2.05) is 31.2 Å². The lowest BCUT2D eigenvalue weighted by Gasteiger charge is -2.24. The van der Waals surface area contributed by atoms with E-state index in [9.17, 15) is 0 Å². The van der Waals surface area contributed by atoms with Crippen LogP contribution >= 0.6 is 0 Å². The molecule has 1 heterocycles. The molecule has 0 spiro atoms. The molecule has 1 aliphatic rings. The van der Waals surface area contributed by atoms with E-state index in [0.29, 0.717) is 6.10 Å². The summed E-state index contributed by atoms with van der Waals surface area (Å²) >= 11 is 0. The van der Waals surface area contributed by atoms with E-state index >= 15 is 0 Å². The number of carbonyl (C=O) groups excluding carboxylic acids is 2. The predicted octanol–water partition coefficient (Wildman–Crippen LogP) is 3.25. The molecule has 0 atom stereocenters. The Balaban J connectivity index is 0.000000545. The molecule has 1 aromatic heterocycles. The predicted molar refractivity (Wildman–Crippen MR) is 83.4 cm³/mol. The molecule has 0 saturated heterocycles. The zero-order valence-electron chi connectivity index (χ0n) is 12.7. The van der Waals surface area contributed by atoms with Crippen LogP contribution in [0.4, 0.5) is 5.69 Å². The summed E-state index contributed by atoms with van der Waals surface area (Å²) in [5.74, 6) is 0.884. The molecule has 5 nitrogen and oxygen atoms in total. The van der Waals surface area contributed by atoms with Gasteiger partial charge in [-0.15, -0.1) is 0 Å². The quantitative estimate of drug-likeness (QED) is 0.920. The Morgan fingerprint density at radius 3 is 2.59 bits per heavy atom. The van der Waals surface area contributed by atoms with Crippen molar-refractivity contribution in [1.29, 1.82) is 0 Å². The Bertz CT molecular complexity index is 673. The van der Waals surface area contributed by atoms with Crippen molar-refractivity contribution in [3.63, 3.8) is 0 Å². The highest BCUT2D eigenvalue weighted by Gasteiger charge is 2.17. The van der Waals surface area contributed by atoms with E-state index in [1.165, 1.54) is 19.3 Å². The number of aryl methyl sites for hydroxylation is 1. The van der Waals surface area contributed by atoms with Crippen molar-refractivity contribution in [2.45, 2.75) is 45.1 Å². The van der Waals surface area contributed by atoms with Crippen LogP contribution in [0.1, 0.15) is 37.8 Å². The fraction of sp³-hybridized carbons (Fsp3) is 0.412. The van der Waals surface area contributed by atoms with Crippen LogP contribution in [0.15, 0.2) is 24.3 Å². The molecule has 1 fully saturated rings. The average molecular weight is 300 g/mol. The number of anilines is 1. The van der Waals surface area contributed by atoms with Crippen LogP contribution in [-0.2, 0) is 9.59 Å². The van der Waals surface area contributed by atoms with E-state index < -0.39 is 0 Å². The van der Waals surface area contributed by atoms with Crippen molar-refractivity contribution in [1.82, 2.24) is 4.98 Å². The van der Waals surface area contributed by atoms with Gasteiger partial charge in [0.05, 0.1) is 17.0 Å². The first-order valence-electron chi connectivity index (χ1n) is 7.47. The van der Waals surface area contributed by atoms with Crippen molar-refractivity contribution >= 4 is 22.7 Å². The third-order valence-corrected chi connectivity index (χ3v) is 3.80. The minimum absolute atomic E-state index is 0.250. The molecule has 2 aromatic rings. The number of hydrogen-bond acceptors (Lipinski definition) is 5. The summed E-state index contributed by atoms with van der Waals surface area (Å²) in [6.45, 7) is 1.96. The molecule has 1 aromatic carbocycles. The Morgan fingerprint density at radius 1 is 1.23 bits per heavy atom. The Labute approximate surface area is 129 Å². The van der Waals surface area contributed by atoms with E-state index in [1.54, 1.807) is 0 Å². The number of rotatable bonds is 2. The second-order valence-electron chi connectivity index (χ2n) is 5.46. The van der Waals surface area contributed by atoms with Crippen molar-refractivity contribution < 1.29 is 14.3 Å². The first-order valence-corrected chi connectivity index (χ1v) is 7.47. The summed E-state index contributed by atoms with van der Waals surface area (Å²) in [5, 5.41) is 0.957. The minimum Gasteiger partial charge on any atom is -0.490 e. The second-order valence-corrected chi connectivity index (χ2v) is 5.46. The lowest BCUT2D eigenvalue weighted by atomic mass is 9.97. The second kappa shape index (κ2) is 7.57. The van der Waals surface area contributed by atoms with Crippen LogP contribution in [0.2, 0.25) is 0 Å². The van der Waals surface area contributed by atoms with Gasteiger partial charge in [-0.25, -0.2) is 0 Å². The van der Waals surface area contributed by atoms with E-state index in [-0.39, 0.29) is 6.15 Å². The Morgan fingerprint density at radius 2 is 1.91 bits per heavy atom. The van der Waals surface area contributed by atoms with Crippen molar-refractivity contribution in [3.05, 3.63) is 30.0 Å². The highest BCUT2D eigenvalue weighted by molar-refractivity contribution is 5.95. The van der Waals surface area contributed by atoms with Gasteiger partial charge in [0.15, 0.2) is 0 Å². The van der Waals surface area contributed by atoms with E-state index in [4.69, 9.17) is 20.1 Å². The lowest BCUT2D eigenvalue weighted by molar-refractivity contribution is -0.191. The van der Waals surface area contributed by atoms with Crippen LogP contribution in [0.3, 0.4) is 0 Å². The summed E-state index contributed by atoms with van der Waals surface area (Å²) in [6, 6.07) is 7.90. The minimum atomic E-state index is 0.250. The monoisotopic (exact) mass is 300 g/mol. The third-order valence-electron chi connectivity index (χ3n) is 3.80. The molecule has 1 aliphatic carbocycles. The van der Waals surface area contributed by atoms with E-state index in [0.717, 1.165) is 40.9 Å². The van der Waals surface area contributed by atoms with Gasteiger partial charge in [-0.1, -0.05) is 12.5 Å². The highest BCUT2D eigenvalue weighted by Crippen LogP contribution is 2.32. The van der Waals surface area contributed by atoms with Crippen molar-refractivity contribution in [3.8, 4) is 5.75 Å². The van der Waals surface area contributed by atoms with Gasteiger partial charge >= 0.3 is 6.15 Å². The molecule has 0 bridgehead atoms.